The van der Waals surface area contributed by atoms with Crippen LogP contribution in [0.15, 0.2) is 42.7 Å². The van der Waals surface area contributed by atoms with Crippen LogP contribution in [-0.2, 0) is 11.2 Å². The number of nitrogens with zero attached hydrogens (tertiary/aromatic N) is 1. The number of aromatic nitrogens is 1. The van der Waals surface area contributed by atoms with Gasteiger partial charge in [-0.05, 0) is 30.2 Å². The minimum Gasteiger partial charge on any atom is -0.497 e. The first-order valence-electron chi connectivity index (χ1n) is 6.63. The summed E-state index contributed by atoms with van der Waals surface area (Å²) in [4.78, 5) is 16.0. The maximum Gasteiger partial charge on any atom is 0.224 e. The quantitative estimate of drug-likeness (QED) is 0.887. The molecule has 2 rings (SSSR count). The van der Waals surface area contributed by atoms with Gasteiger partial charge in [-0.2, -0.15) is 0 Å². The third kappa shape index (κ3) is 4.21. The van der Waals surface area contributed by atoms with Crippen LogP contribution in [0.5, 0.6) is 11.5 Å². The van der Waals surface area contributed by atoms with Crippen LogP contribution in [0, 0.1) is 0 Å². The van der Waals surface area contributed by atoms with Gasteiger partial charge in [0, 0.05) is 24.9 Å². The molecule has 0 spiro atoms. The zero-order valence-corrected chi connectivity index (χ0v) is 12.1. The number of aryl methyl sites for hydroxylation is 1. The van der Waals surface area contributed by atoms with Crippen LogP contribution in [0.3, 0.4) is 0 Å². The van der Waals surface area contributed by atoms with Crippen LogP contribution >= 0.6 is 0 Å². The summed E-state index contributed by atoms with van der Waals surface area (Å²) in [5.41, 5.74) is 1.67. The first kappa shape index (κ1) is 14.8. The van der Waals surface area contributed by atoms with E-state index in [1.54, 1.807) is 44.8 Å². The van der Waals surface area contributed by atoms with Crippen LogP contribution in [0.4, 0.5) is 5.69 Å². The fraction of sp³-hybridized carbons (Fsp3) is 0.250. The maximum atomic E-state index is 12.0. The fourth-order valence-corrected chi connectivity index (χ4v) is 1.92. The van der Waals surface area contributed by atoms with Crippen molar-refractivity contribution in [3.05, 3.63) is 48.3 Å². The van der Waals surface area contributed by atoms with Gasteiger partial charge in [-0.15, -0.1) is 0 Å². The SMILES string of the molecule is COc1ccc(NC(=O)CCc2cccnc2)c(OC)c1. The number of rotatable bonds is 6. The van der Waals surface area contributed by atoms with Crippen molar-refractivity contribution in [1.29, 1.82) is 0 Å². The number of hydrogen-bond acceptors (Lipinski definition) is 4. The molecule has 0 radical (unpaired) electrons. The Morgan fingerprint density at radius 1 is 1.24 bits per heavy atom. The molecule has 1 N–H and O–H groups in total. The number of ether oxygens (including phenoxy) is 2. The van der Waals surface area contributed by atoms with E-state index in [0.29, 0.717) is 30.0 Å². The minimum absolute atomic E-state index is 0.0673. The van der Waals surface area contributed by atoms with E-state index in [-0.39, 0.29) is 5.91 Å². The number of hydrogen-bond donors (Lipinski definition) is 1. The van der Waals surface area contributed by atoms with Gasteiger partial charge in [0.1, 0.15) is 11.5 Å². The predicted octanol–water partition coefficient (Wildman–Crippen LogP) is 2.67. The Morgan fingerprint density at radius 2 is 2.10 bits per heavy atom. The number of methoxy groups -OCH3 is 2. The Kier molecular flexibility index (Phi) is 5.15. The molecule has 2 aromatic rings. The molecule has 21 heavy (non-hydrogen) atoms. The van der Waals surface area contributed by atoms with Gasteiger partial charge in [-0.1, -0.05) is 6.07 Å². The van der Waals surface area contributed by atoms with E-state index in [2.05, 4.69) is 10.3 Å². The second kappa shape index (κ2) is 7.28. The molecule has 0 atom stereocenters. The zero-order valence-electron chi connectivity index (χ0n) is 12.1. The van der Waals surface area contributed by atoms with Gasteiger partial charge < -0.3 is 14.8 Å². The molecule has 0 bridgehead atoms. The molecule has 5 nitrogen and oxygen atoms in total. The topological polar surface area (TPSA) is 60.5 Å². The third-order valence-electron chi connectivity index (χ3n) is 3.05. The molecule has 1 aromatic heterocycles. The predicted molar refractivity (Wildman–Crippen MR) is 80.7 cm³/mol. The molecule has 1 aromatic carbocycles. The average Bonchev–Trinajstić information content (AvgIpc) is 2.54. The Labute approximate surface area is 123 Å². The van der Waals surface area contributed by atoms with Crippen molar-refractivity contribution < 1.29 is 14.3 Å². The monoisotopic (exact) mass is 286 g/mol. The van der Waals surface area contributed by atoms with Gasteiger partial charge in [0.2, 0.25) is 5.91 Å². The van der Waals surface area contributed by atoms with Crippen molar-refractivity contribution in [3.8, 4) is 11.5 Å². The second-order valence-electron chi connectivity index (χ2n) is 4.48. The van der Waals surface area contributed by atoms with Gasteiger partial charge in [0.05, 0.1) is 19.9 Å². The lowest BCUT2D eigenvalue weighted by Crippen LogP contribution is -2.13. The van der Waals surface area contributed by atoms with Gasteiger partial charge in [0.15, 0.2) is 0 Å². The highest BCUT2D eigenvalue weighted by Gasteiger charge is 2.09. The van der Waals surface area contributed by atoms with Gasteiger partial charge in [-0.25, -0.2) is 0 Å². The summed E-state index contributed by atoms with van der Waals surface area (Å²) in [6.45, 7) is 0. The van der Waals surface area contributed by atoms with Gasteiger partial charge >= 0.3 is 0 Å². The van der Waals surface area contributed by atoms with E-state index in [0.717, 1.165) is 5.56 Å². The number of amides is 1. The van der Waals surface area contributed by atoms with Gasteiger partial charge in [-0.3, -0.25) is 9.78 Å². The number of benzene rings is 1. The highest BCUT2D eigenvalue weighted by Crippen LogP contribution is 2.29. The Morgan fingerprint density at radius 3 is 2.76 bits per heavy atom. The molecule has 1 amide bonds. The van der Waals surface area contributed by atoms with E-state index in [4.69, 9.17) is 9.47 Å². The molecule has 0 unspecified atom stereocenters. The summed E-state index contributed by atoms with van der Waals surface area (Å²) < 4.78 is 10.4. The minimum atomic E-state index is -0.0673. The molecule has 0 aliphatic heterocycles. The van der Waals surface area contributed by atoms with E-state index in [1.807, 2.05) is 12.1 Å². The number of nitrogens with one attached hydrogen (secondary N) is 1. The first-order chi connectivity index (χ1) is 10.2. The fourth-order valence-electron chi connectivity index (χ4n) is 1.92. The zero-order chi connectivity index (χ0) is 15.1. The van der Waals surface area contributed by atoms with Crippen molar-refractivity contribution >= 4 is 11.6 Å². The Balaban J connectivity index is 1.96. The lowest BCUT2D eigenvalue weighted by Gasteiger charge is -2.11. The van der Waals surface area contributed by atoms with Crippen LogP contribution in [-0.4, -0.2) is 25.1 Å². The summed E-state index contributed by atoms with van der Waals surface area (Å²) in [5, 5.41) is 2.84. The number of carbonyl (C=O) groups excluding carboxylic acids is 1. The normalized spacial score (nSPS) is 10.0. The summed E-state index contributed by atoms with van der Waals surface area (Å²) >= 11 is 0. The summed E-state index contributed by atoms with van der Waals surface area (Å²) in [7, 11) is 3.14. The smallest absolute Gasteiger partial charge is 0.224 e. The second-order valence-corrected chi connectivity index (χ2v) is 4.48. The highest BCUT2D eigenvalue weighted by molar-refractivity contribution is 5.92. The van der Waals surface area contributed by atoms with Crippen LogP contribution < -0.4 is 14.8 Å². The molecule has 0 aliphatic carbocycles. The molecule has 0 saturated carbocycles. The lowest BCUT2D eigenvalue weighted by atomic mass is 10.1. The van der Waals surface area contributed by atoms with E-state index >= 15 is 0 Å². The van der Waals surface area contributed by atoms with Crippen LogP contribution in [0.1, 0.15) is 12.0 Å². The van der Waals surface area contributed by atoms with Crippen molar-refractivity contribution in [1.82, 2.24) is 4.98 Å². The molecule has 0 aliphatic rings. The molecule has 110 valence electrons. The van der Waals surface area contributed by atoms with E-state index < -0.39 is 0 Å². The Bertz CT molecular complexity index is 600. The average molecular weight is 286 g/mol. The van der Waals surface area contributed by atoms with Crippen molar-refractivity contribution in [2.24, 2.45) is 0 Å². The third-order valence-corrected chi connectivity index (χ3v) is 3.05. The molecule has 1 heterocycles. The number of carbonyl (C=O) groups is 1. The number of pyridine rings is 1. The van der Waals surface area contributed by atoms with Gasteiger partial charge in [0.25, 0.3) is 0 Å². The molecule has 5 heteroatoms. The van der Waals surface area contributed by atoms with Crippen LogP contribution in [0.2, 0.25) is 0 Å². The number of anilines is 1. The lowest BCUT2D eigenvalue weighted by molar-refractivity contribution is -0.116. The molecule has 0 saturated heterocycles. The maximum absolute atomic E-state index is 12.0. The first-order valence-corrected chi connectivity index (χ1v) is 6.63. The standard InChI is InChI=1S/C16H18N2O3/c1-20-13-6-7-14(15(10-13)21-2)18-16(19)8-5-12-4-3-9-17-11-12/h3-4,6-7,9-11H,5,8H2,1-2H3,(H,18,19). The van der Waals surface area contributed by atoms with Crippen LogP contribution in [0.25, 0.3) is 0 Å². The Hall–Kier alpha value is -2.56. The summed E-state index contributed by atoms with van der Waals surface area (Å²) in [5.74, 6) is 1.19. The molecular formula is C16H18N2O3. The largest absolute Gasteiger partial charge is 0.497 e. The summed E-state index contributed by atoms with van der Waals surface area (Å²) in [6.07, 6.45) is 4.52. The molecule has 0 fully saturated rings. The van der Waals surface area contributed by atoms with Crippen molar-refractivity contribution in [2.75, 3.05) is 19.5 Å². The van der Waals surface area contributed by atoms with Crippen molar-refractivity contribution in [3.63, 3.8) is 0 Å². The molecular weight excluding hydrogens is 268 g/mol. The van der Waals surface area contributed by atoms with Crippen molar-refractivity contribution in [2.45, 2.75) is 12.8 Å². The highest BCUT2D eigenvalue weighted by atomic mass is 16.5. The van der Waals surface area contributed by atoms with E-state index in [1.165, 1.54) is 0 Å². The summed E-state index contributed by atoms with van der Waals surface area (Å²) in [6, 6.07) is 9.09. The van der Waals surface area contributed by atoms with E-state index in [9.17, 15) is 4.79 Å².